The van der Waals surface area contributed by atoms with Crippen LogP contribution in [0.3, 0.4) is 0 Å². The number of hydrogen-bond donors (Lipinski definition) is 1. The summed E-state index contributed by atoms with van der Waals surface area (Å²) in [6.07, 6.45) is 0. The number of rotatable bonds is 4. The summed E-state index contributed by atoms with van der Waals surface area (Å²) >= 11 is 0. The van der Waals surface area contributed by atoms with Gasteiger partial charge in [0.25, 0.3) is 0 Å². The fourth-order valence-corrected chi connectivity index (χ4v) is 2.18. The van der Waals surface area contributed by atoms with Gasteiger partial charge in [-0.1, -0.05) is 5.16 Å². The molecule has 0 amide bonds. The molecule has 1 aliphatic rings. The van der Waals surface area contributed by atoms with Gasteiger partial charge in [0.2, 0.25) is 0 Å². The number of carbonyl (C=O) groups is 1. The average molecular weight is 253 g/mol. The molecule has 6 nitrogen and oxygen atoms in total. The van der Waals surface area contributed by atoms with Crippen molar-refractivity contribution in [3.05, 3.63) is 17.5 Å². The highest BCUT2D eigenvalue weighted by Gasteiger charge is 2.25. The maximum atomic E-state index is 10.9. The van der Waals surface area contributed by atoms with E-state index in [-0.39, 0.29) is 0 Å². The van der Waals surface area contributed by atoms with Crippen molar-refractivity contribution in [2.75, 3.05) is 26.2 Å². The standard InChI is InChI=1S/C12H19N3O3/c1-9-7-11(18-13-9)8-14-3-5-15(6-4-14)10(2)12(16)17/h7,10H,3-6,8H2,1-2H3,(H,16,17). The van der Waals surface area contributed by atoms with Crippen molar-refractivity contribution in [3.63, 3.8) is 0 Å². The van der Waals surface area contributed by atoms with Gasteiger partial charge < -0.3 is 9.63 Å². The molecule has 1 saturated heterocycles. The van der Waals surface area contributed by atoms with Crippen LogP contribution in [0.15, 0.2) is 10.6 Å². The van der Waals surface area contributed by atoms with Crippen LogP contribution in [-0.4, -0.2) is 58.3 Å². The van der Waals surface area contributed by atoms with Crippen molar-refractivity contribution in [2.45, 2.75) is 26.4 Å². The summed E-state index contributed by atoms with van der Waals surface area (Å²) < 4.78 is 5.18. The first-order chi connectivity index (χ1) is 8.56. The molecule has 1 fully saturated rings. The number of aromatic nitrogens is 1. The Balaban J connectivity index is 1.81. The molecule has 2 rings (SSSR count). The van der Waals surface area contributed by atoms with E-state index in [0.29, 0.717) is 0 Å². The highest BCUT2D eigenvalue weighted by molar-refractivity contribution is 5.72. The molecule has 1 aliphatic heterocycles. The fraction of sp³-hybridized carbons (Fsp3) is 0.667. The van der Waals surface area contributed by atoms with Gasteiger partial charge >= 0.3 is 5.97 Å². The zero-order valence-electron chi connectivity index (χ0n) is 10.8. The Bertz CT molecular complexity index is 410. The summed E-state index contributed by atoms with van der Waals surface area (Å²) in [5, 5.41) is 12.8. The van der Waals surface area contributed by atoms with Crippen molar-refractivity contribution in [3.8, 4) is 0 Å². The van der Waals surface area contributed by atoms with Gasteiger partial charge in [0, 0.05) is 32.2 Å². The lowest BCUT2D eigenvalue weighted by Gasteiger charge is -2.36. The highest BCUT2D eigenvalue weighted by Crippen LogP contribution is 2.11. The SMILES string of the molecule is Cc1cc(CN2CCN(C(C)C(=O)O)CC2)on1. The molecular weight excluding hydrogens is 234 g/mol. The Morgan fingerprint density at radius 2 is 2.17 bits per heavy atom. The van der Waals surface area contributed by atoms with E-state index in [1.807, 2.05) is 17.9 Å². The second-order valence-electron chi connectivity index (χ2n) is 4.76. The van der Waals surface area contributed by atoms with Crippen LogP contribution in [0.1, 0.15) is 18.4 Å². The van der Waals surface area contributed by atoms with E-state index < -0.39 is 12.0 Å². The monoisotopic (exact) mass is 253 g/mol. The minimum Gasteiger partial charge on any atom is -0.480 e. The minimum absolute atomic E-state index is 0.403. The van der Waals surface area contributed by atoms with Crippen LogP contribution >= 0.6 is 0 Å². The average Bonchev–Trinajstić information content (AvgIpc) is 2.75. The van der Waals surface area contributed by atoms with Crippen LogP contribution < -0.4 is 0 Å². The molecular formula is C12H19N3O3. The van der Waals surface area contributed by atoms with Crippen molar-refractivity contribution in [1.29, 1.82) is 0 Å². The van der Waals surface area contributed by atoms with Crippen molar-refractivity contribution in [2.24, 2.45) is 0 Å². The number of aryl methyl sites for hydroxylation is 1. The molecule has 0 saturated carbocycles. The van der Waals surface area contributed by atoms with Crippen molar-refractivity contribution in [1.82, 2.24) is 15.0 Å². The minimum atomic E-state index is -0.755. The summed E-state index contributed by atoms with van der Waals surface area (Å²) in [4.78, 5) is 15.1. The quantitative estimate of drug-likeness (QED) is 0.846. The molecule has 0 radical (unpaired) electrons. The van der Waals surface area contributed by atoms with Gasteiger partial charge in [-0.2, -0.15) is 0 Å². The van der Waals surface area contributed by atoms with Gasteiger partial charge in [0.05, 0.1) is 12.2 Å². The molecule has 1 N–H and O–H groups in total. The third kappa shape index (κ3) is 3.08. The smallest absolute Gasteiger partial charge is 0.320 e. The van der Waals surface area contributed by atoms with E-state index in [1.54, 1.807) is 6.92 Å². The van der Waals surface area contributed by atoms with Gasteiger partial charge in [-0.05, 0) is 13.8 Å². The number of nitrogens with zero attached hydrogens (tertiary/aromatic N) is 3. The molecule has 2 heterocycles. The summed E-state index contributed by atoms with van der Waals surface area (Å²) in [6.45, 7) is 7.66. The lowest BCUT2D eigenvalue weighted by atomic mass is 10.2. The van der Waals surface area contributed by atoms with Crippen LogP contribution in [-0.2, 0) is 11.3 Å². The second-order valence-corrected chi connectivity index (χ2v) is 4.76. The molecule has 1 aromatic rings. The Kier molecular flexibility index (Phi) is 3.98. The fourth-order valence-electron chi connectivity index (χ4n) is 2.18. The molecule has 18 heavy (non-hydrogen) atoms. The van der Waals surface area contributed by atoms with E-state index >= 15 is 0 Å². The van der Waals surface area contributed by atoms with Gasteiger partial charge in [-0.25, -0.2) is 0 Å². The van der Waals surface area contributed by atoms with Crippen molar-refractivity contribution >= 4 is 5.97 Å². The molecule has 100 valence electrons. The van der Waals surface area contributed by atoms with Crippen LogP contribution in [0.5, 0.6) is 0 Å². The summed E-state index contributed by atoms with van der Waals surface area (Å²) in [5.74, 6) is 0.113. The van der Waals surface area contributed by atoms with E-state index in [9.17, 15) is 4.79 Å². The van der Waals surface area contributed by atoms with E-state index in [1.165, 1.54) is 0 Å². The molecule has 1 aromatic heterocycles. The largest absolute Gasteiger partial charge is 0.480 e. The maximum Gasteiger partial charge on any atom is 0.320 e. The van der Waals surface area contributed by atoms with Gasteiger partial charge in [-0.3, -0.25) is 14.6 Å². The summed E-state index contributed by atoms with van der Waals surface area (Å²) in [7, 11) is 0. The number of piperazine rings is 1. The molecule has 1 atom stereocenters. The van der Waals surface area contributed by atoms with E-state index in [0.717, 1.165) is 44.2 Å². The van der Waals surface area contributed by atoms with E-state index in [4.69, 9.17) is 9.63 Å². The second kappa shape index (κ2) is 5.49. The third-order valence-corrected chi connectivity index (χ3v) is 3.37. The number of hydrogen-bond acceptors (Lipinski definition) is 5. The lowest BCUT2D eigenvalue weighted by Crippen LogP contribution is -2.51. The zero-order valence-corrected chi connectivity index (χ0v) is 10.8. The zero-order chi connectivity index (χ0) is 13.1. The first-order valence-electron chi connectivity index (χ1n) is 6.17. The molecule has 1 unspecified atom stereocenters. The first-order valence-corrected chi connectivity index (χ1v) is 6.17. The molecule has 0 spiro atoms. The van der Waals surface area contributed by atoms with Crippen molar-refractivity contribution < 1.29 is 14.4 Å². The van der Waals surface area contributed by atoms with E-state index in [2.05, 4.69) is 10.1 Å². The van der Waals surface area contributed by atoms with Crippen LogP contribution in [0.4, 0.5) is 0 Å². The Morgan fingerprint density at radius 1 is 1.50 bits per heavy atom. The molecule has 0 aromatic carbocycles. The lowest BCUT2D eigenvalue weighted by molar-refractivity contribution is -0.143. The topological polar surface area (TPSA) is 69.8 Å². The predicted octanol–water partition coefficient (Wildman–Crippen LogP) is 0.574. The molecule has 6 heteroatoms. The van der Waals surface area contributed by atoms with Gasteiger partial charge in [0.1, 0.15) is 6.04 Å². The van der Waals surface area contributed by atoms with Crippen LogP contribution in [0.2, 0.25) is 0 Å². The Labute approximate surface area is 106 Å². The number of carboxylic acids is 1. The highest BCUT2D eigenvalue weighted by atomic mass is 16.5. The maximum absolute atomic E-state index is 10.9. The Hall–Kier alpha value is -1.40. The van der Waals surface area contributed by atoms with Gasteiger partial charge in [0.15, 0.2) is 5.76 Å². The van der Waals surface area contributed by atoms with Gasteiger partial charge in [-0.15, -0.1) is 0 Å². The predicted molar refractivity (Wildman–Crippen MR) is 65.2 cm³/mol. The molecule has 0 aliphatic carbocycles. The summed E-state index contributed by atoms with van der Waals surface area (Å²) in [5.41, 5.74) is 0.892. The molecule has 0 bridgehead atoms. The van der Waals surface area contributed by atoms with Crippen LogP contribution in [0, 0.1) is 6.92 Å². The third-order valence-electron chi connectivity index (χ3n) is 3.37. The normalized spacial score (nSPS) is 19.9. The summed E-state index contributed by atoms with van der Waals surface area (Å²) in [6, 6.07) is 1.53. The Morgan fingerprint density at radius 3 is 2.67 bits per heavy atom. The first kappa shape index (κ1) is 13.0. The van der Waals surface area contributed by atoms with Crippen LogP contribution in [0.25, 0.3) is 0 Å². The number of carboxylic acid groups (broad SMARTS) is 1. The number of aliphatic carboxylic acids is 1.